The molecule has 7 nitrogen and oxygen atoms in total. The molecule has 1 aromatic carbocycles. The van der Waals surface area contributed by atoms with Crippen LogP contribution in [0.2, 0.25) is 10.0 Å². The molecule has 1 saturated heterocycles. The fourth-order valence-electron chi connectivity index (χ4n) is 2.40. The number of nitrogens with zero attached hydrogens (tertiary/aromatic N) is 4. The van der Waals surface area contributed by atoms with E-state index in [-0.39, 0.29) is 12.6 Å². The quantitative estimate of drug-likeness (QED) is 0.856. The van der Waals surface area contributed by atoms with Crippen molar-refractivity contribution in [3.63, 3.8) is 0 Å². The summed E-state index contributed by atoms with van der Waals surface area (Å²) >= 11 is 11.9. The smallest absolute Gasteiger partial charge is 0.286 e. The summed E-state index contributed by atoms with van der Waals surface area (Å²) in [6, 6.07) is 6.64. The maximum atomic E-state index is 12.3. The maximum Gasteiger partial charge on any atom is 0.286 e. The summed E-state index contributed by atoms with van der Waals surface area (Å²) in [6.45, 7) is 3.57. The van der Waals surface area contributed by atoms with E-state index in [4.69, 9.17) is 27.9 Å². The van der Waals surface area contributed by atoms with E-state index < -0.39 is 0 Å². The van der Waals surface area contributed by atoms with Crippen molar-refractivity contribution in [1.82, 2.24) is 25.1 Å². The summed E-state index contributed by atoms with van der Waals surface area (Å²) in [5, 5.41) is 7.10. The van der Waals surface area contributed by atoms with Gasteiger partial charge in [-0.1, -0.05) is 23.2 Å². The Hall–Kier alpha value is -1.80. The highest BCUT2D eigenvalue weighted by Gasteiger charge is 2.18. The number of halogens is 2. The zero-order chi connectivity index (χ0) is 17.8. The van der Waals surface area contributed by atoms with Crippen molar-refractivity contribution in [3.05, 3.63) is 46.2 Å². The predicted octanol–water partition coefficient (Wildman–Crippen LogP) is 2.12. The van der Waals surface area contributed by atoms with Crippen molar-refractivity contribution in [3.8, 4) is 5.75 Å². The third-order valence-electron chi connectivity index (χ3n) is 3.88. The molecule has 1 fully saturated rings. The number of nitrogens with one attached hydrogen (secondary N) is 1. The lowest BCUT2D eigenvalue weighted by Gasteiger charge is -2.32. The van der Waals surface area contributed by atoms with Crippen molar-refractivity contribution < 1.29 is 9.53 Å². The molecule has 2 aromatic rings. The van der Waals surface area contributed by atoms with Crippen LogP contribution in [0.25, 0.3) is 0 Å². The second-order valence-corrected chi connectivity index (χ2v) is 6.66. The van der Waals surface area contributed by atoms with Gasteiger partial charge in [0.1, 0.15) is 5.75 Å². The largest absolute Gasteiger partial charge is 0.470 e. The third kappa shape index (κ3) is 4.85. The number of rotatable bonds is 5. The summed E-state index contributed by atoms with van der Waals surface area (Å²) in [5.74, 6) is 0.276. The molecule has 1 N–H and O–H groups in total. The van der Waals surface area contributed by atoms with Gasteiger partial charge in [-0.2, -0.15) is 5.10 Å². The fraction of sp³-hybridized carbons (Fsp3) is 0.375. The van der Waals surface area contributed by atoms with Crippen LogP contribution in [0.3, 0.4) is 0 Å². The van der Waals surface area contributed by atoms with Gasteiger partial charge in [-0.3, -0.25) is 10.2 Å². The van der Waals surface area contributed by atoms with E-state index in [0.29, 0.717) is 21.5 Å². The number of amides is 1. The number of likely N-dealkylation sites (N-methyl/N-ethyl adjacent to an activating group) is 1. The van der Waals surface area contributed by atoms with Crippen LogP contribution in [0.5, 0.6) is 5.75 Å². The normalized spacial score (nSPS) is 16.0. The van der Waals surface area contributed by atoms with Gasteiger partial charge in [0.2, 0.25) is 0 Å². The monoisotopic (exact) mass is 383 g/mol. The molecule has 0 radical (unpaired) electrons. The maximum absolute atomic E-state index is 12.3. The Kier molecular flexibility index (Phi) is 5.80. The zero-order valence-corrected chi connectivity index (χ0v) is 15.3. The molecular formula is C16H19Cl2N5O2. The van der Waals surface area contributed by atoms with Crippen LogP contribution >= 0.6 is 23.2 Å². The number of ether oxygens (including phenoxy) is 1. The number of hydrazine groups is 1. The second-order valence-electron chi connectivity index (χ2n) is 5.82. The summed E-state index contributed by atoms with van der Waals surface area (Å²) in [6.07, 6.45) is 1.68. The van der Waals surface area contributed by atoms with Crippen LogP contribution < -0.4 is 10.2 Å². The van der Waals surface area contributed by atoms with E-state index in [2.05, 4.69) is 22.5 Å². The molecule has 134 valence electrons. The molecule has 9 heteroatoms. The summed E-state index contributed by atoms with van der Waals surface area (Å²) in [4.78, 5) is 14.5. The highest BCUT2D eigenvalue weighted by Crippen LogP contribution is 2.27. The Morgan fingerprint density at radius 1 is 1.24 bits per heavy atom. The molecular weight excluding hydrogens is 365 g/mol. The Labute approximate surface area is 156 Å². The van der Waals surface area contributed by atoms with Crippen LogP contribution in [0.4, 0.5) is 0 Å². The minimum Gasteiger partial charge on any atom is -0.470 e. The standard InChI is InChI=1S/C16H19Cl2N5O2/c1-21-6-8-22(9-7-21)20-16(24)14-4-5-23(19-14)11-25-15-3-2-12(17)10-13(15)18/h2-5,10H,6-9,11H2,1H3,(H,20,24). The Morgan fingerprint density at radius 3 is 2.72 bits per heavy atom. The van der Waals surface area contributed by atoms with Crippen LogP contribution in [0, 0.1) is 0 Å². The molecule has 0 aliphatic carbocycles. The first kappa shape index (κ1) is 18.0. The predicted molar refractivity (Wildman–Crippen MR) is 95.9 cm³/mol. The SMILES string of the molecule is CN1CCN(NC(=O)c2ccn(COc3ccc(Cl)cc3Cl)n2)CC1. The van der Waals surface area contributed by atoms with Gasteiger partial charge in [-0.15, -0.1) is 0 Å². The number of hydrogen-bond acceptors (Lipinski definition) is 5. The molecule has 25 heavy (non-hydrogen) atoms. The summed E-state index contributed by atoms with van der Waals surface area (Å²) in [7, 11) is 2.06. The minimum absolute atomic E-state index is 0.142. The van der Waals surface area contributed by atoms with Crippen LogP contribution in [-0.2, 0) is 6.73 Å². The fourth-order valence-corrected chi connectivity index (χ4v) is 2.86. The lowest BCUT2D eigenvalue weighted by Crippen LogP contribution is -2.52. The van der Waals surface area contributed by atoms with E-state index in [9.17, 15) is 4.79 Å². The average Bonchev–Trinajstić information content (AvgIpc) is 3.05. The van der Waals surface area contributed by atoms with Gasteiger partial charge in [0, 0.05) is 37.4 Å². The number of benzene rings is 1. The topological polar surface area (TPSA) is 62.6 Å². The first-order valence-corrected chi connectivity index (χ1v) is 8.62. The van der Waals surface area contributed by atoms with E-state index in [0.717, 1.165) is 26.2 Å². The number of piperazine rings is 1. The van der Waals surface area contributed by atoms with Crippen molar-refractivity contribution in [2.75, 3.05) is 33.2 Å². The lowest BCUT2D eigenvalue weighted by molar-refractivity contribution is 0.0656. The van der Waals surface area contributed by atoms with Crippen molar-refractivity contribution in [1.29, 1.82) is 0 Å². The highest BCUT2D eigenvalue weighted by atomic mass is 35.5. The van der Waals surface area contributed by atoms with Crippen molar-refractivity contribution in [2.45, 2.75) is 6.73 Å². The molecule has 0 bridgehead atoms. The third-order valence-corrected chi connectivity index (χ3v) is 4.41. The van der Waals surface area contributed by atoms with Crippen molar-refractivity contribution >= 4 is 29.1 Å². The second kappa shape index (κ2) is 8.05. The van der Waals surface area contributed by atoms with Crippen LogP contribution in [-0.4, -0.2) is 58.8 Å². The lowest BCUT2D eigenvalue weighted by atomic mass is 10.3. The molecule has 1 amide bonds. The van der Waals surface area contributed by atoms with Crippen LogP contribution in [0.15, 0.2) is 30.5 Å². The van der Waals surface area contributed by atoms with Gasteiger partial charge in [0.15, 0.2) is 12.4 Å². The average molecular weight is 384 g/mol. The first-order chi connectivity index (χ1) is 12.0. The number of carbonyl (C=O) groups excluding carboxylic acids is 1. The molecule has 0 unspecified atom stereocenters. The van der Waals surface area contributed by atoms with E-state index in [1.807, 2.05) is 5.01 Å². The van der Waals surface area contributed by atoms with Gasteiger partial charge in [0.05, 0.1) is 5.02 Å². The number of carbonyl (C=O) groups is 1. The van der Waals surface area contributed by atoms with E-state index in [1.165, 1.54) is 4.68 Å². The van der Waals surface area contributed by atoms with Crippen LogP contribution in [0.1, 0.15) is 10.5 Å². The Balaban J connectivity index is 1.54. The molecule has 0 spiro atoms. The molecule has 1 aliphatic heterocycles. The van der Waals surface area contributed by atoms with E-state index >= 15 is 0 Å². The van der Waals surface area contributed by atoms with Gasteiger partial charge in [-0.05, 0) is 31.3 Å². The van der Waals surface area contributed by atoms with Gasteiger partial charge in [0.25, 0.3) is 5.91 Å². The van der Waals surface area contributed by atoms with Crippen molar-refractivity contribution in [2.24, 2.45) is 0 Å². The Bertz CT molecular complexity index is 744. The minimum atomic E-state index is -0.229. The first-order valence-electron chi connectivity index (χ1n) is 7.87. The molecule has 0 atom stereocenters. The van der Waals surface area contributed by atoms with Gasteiger partial charge in [-0.25, -0.2) is 9.69 Å². The molecule has 3 rings (SSSR count). The summed E-state index contributed by atoms with van der Waals surface area (Å²) < 4.78 is 7.13. The molecule has 1 aromatic heterocycles. The summed E-state index contributed by atoms with van der Waals surface area (Å²) in [5.41, 5.74) is 3.21. The van der Waals surface area contributed by atoms with Gasteiger partial charge >= 0.3 is 0 Å². The molecule has 0 saturated carbocycles. The molecule has 2 heterocycles. The zero-order valence-electron chi connectivity index (χ0n) is 13.8. The number of aromatic nitrogens is 2. The van der Waals surface area contributed by atoms with E-state index in [1.54, 1.807) is 30.5 Å². The highest BCUT2D eigenvalue weighted by molar-refractivity contribution is 6.35. The number of hydrogen-bond donors (Lipinski definition) is 1. The molecule has 1 aliphatic rings. The van der Waals surface area contributed by atoms with Gasteiger partial charge < -0.3 is 9.64 Å². The Morgan fingerprint density at radius 2 is 2.00 bits per heavy atom.